The molecule has 2 saturated heterocycles. The van der Waals surface area contributed by atoms with E-state index in [0.717, 1.165) is 59.2 Å². The van der Waals surface area contributed by atoms with Crippen molar-refractivity contribution in [2.75, 3.05) is 37.7 Å². The lowest BCUT2D eigenvalue weighted by molar-refractivity contribution is -0.119. The second kappa shape index (κ2) is 8.20. The molecule has 0 bridgehead atoms. The number of amides is 1. The van der Waals surface area contributed by atoms with Gasteiger partial charge in [0.1, 0.15) is 11.9 Å². The van der Waals surface area contributed by atoms with Crippen molar-refractivity contribution in [2.45, 2.75) is 19.4 Å². The van der Waals surface area contributed by atoms with Crippen LogP contribution in [0.25, 0.3) is 21.5 Å². The van der Waals surface area contributed by atoms with Crippen LogP contribution >= 0.6 is 11.3 Å². The van der Waals surface area contributed by atoms with Crippen LogP contribution in [0.15, 0.2) is 36.0 Å². The minimum absolute atomic E-state index is 0.0684. The molecule has 1 aromatic carbocycles. The molecule has 2 aliphatic rings. The highest BCUT2D eigenvalue weighted by Crippen LogP contribution is 2.36. The summed E-state index contributed by atoms with van der Waals surface area (Å²) in [5.41, 5.74) is 5.71. The fraction of sp³-hybridized carbons (Fsp3) is 0.409. The van der Waals surface area contributed by atoms with Crippen LogP contribution in [-0.2, 0) is 9.53 Å². The van der Waals surface area contributed by atoms with Crippen LogP contribution in [0.4, 0.5) is 5.69 Å². The number of nitrogens with zero attached hydrogens (tertiary/aromatic N) is 3. The van der Waals surface area contributed by atoms with Crippen LogP contribution in [0.2, 0.25) is 0 Å². The number of nitrogens with one attached hydrogen (secondary N) is 1. The molecule has 2 aliphatic heterocycles. The fourth-order valence-electron chi connectivity index (χ4n) is 3.99. The number of rotatable bonds is 5. The molecule has 4 heterocycles. The molecule has 2 atom stereocenters. The van der Waals surface area contributed by atoms with Gasteiger partial charge in [0.25, 0.3) is 0 Å². The van der Waals surface area contributed by atoms with E-state index in [9.17, 15) is 4.79 Å². The zero-order valence-corrected chi connectivity index (χ0v) is 17.7. The minimum atomic E-state index is -0.0684. The molecule has 2 aromatic heterocycles. The quantitative estimate of drug-likeness (QED) is 0.678. The van der Waals surface area contributed by atoms with Crippen molar-refractivity contribution in [3.63, 3.8) is 0 Å². The standard InChI is InChI=1S/C22H24N4O3S/c1-14(16-10-21(27)24-11-16)29-20-9-15(8-19-22(20)30-13-25-19)18-3-2-17(12-23-18)26-4-6-28-7-5-26/h2-3,8-9,12-14,16H,4-7,10-11H2,1H3,(H,24,27)/t14-,16?/m1/s1. The first-order valence-electron chi connectivity index (χ1n) is 10.3. The number of anilines is 1. The van der Waals surface area contributed by atoms with Gasteiger partial charge in [-0.05, 0) is 31.2 Å². The molecule has 0 spiro atoms. The van der Waals surface area contributed by atoms with E-state index < -0.39 is 0 Å². The van der Waals surface area contributed by atoms with Crippen LogP contribution in [0, 0.1) is 5.92 Å². The number of hydrogen-bond donors (Lipinski definition) is 1. The van der Waals surface area contributed by atoms with Gasteiger partial charge in [-0.1, -0.05) is 0 Å². The lowest BCUT2D eigenvalue weighted by atomic mass is 10.0. The van der Waals surface area contributed by atoms with Crippen LogP contribution in [0.5, 0.6) is 5.75 Å². The highest BCUT2D eigenvalue weighted by Gasteiger charge is 2.28. The average molecular weight is 425 g/mol. The lowest BCUT2D eigenvalue weighted by Crippen LogP contribution is -2.36. The van der Waals surface area contributed by atoms with E-state index >= 15 is 0 Å². The predicted molar refractivity (Wildman–Crippen MR) is 117 cm³/mol. The summed E-state index contributed by atoms with van der Waals surface area (Å²) in [6.07, 6.45) is 2.36. The summed E-state index contributed by atoms with van der Waals surface area (Å²) >= 11 is 1.57. The van der Waals surface area contributed by atoms with Gasteiger partial charge >= 0.3 is 0 Å². The highest BCUT2D eigenvalue weighted by molar-refractivity contribution is 7.17. The Morgan fingerprint density at radius 1 is 1.27 bits per heavy atom. The molecular weight excluding hydrogens is 400 g/mol. The normalized spacial score (nSPS) is 20.4. The van der Waals surface area contributed by atoms with Gasteiger partial charge in [0.15, 0.2) is 0 Å². The van der Waals surface area contributed by atoms with E-state index in [0.29, 0.717) is 13.0 Å². The van der Waals surface area contributed by atoms with Crippen molar-refractivity contribution in [2.24, 2.45) is 5.92 Å². The lowest BCUT2D eigenvalue weighted by Gasteiger charge is -2.28. The summed E-state index contributed by atoms with van der Waals surface area (Å²) in [7, 11) is 0. The Hall–Kier alpha value is -2.71. The third kappa shape index (κ3) is 3.85. The number of thiazole rings is 1. The molecule has 5 rings (SSSR count). The molecule has 8 heteroatoms. The number of carbonyl (C=O) groups is 1. The summed E-state index contributed by atoms with van der Waals surface area (Å²) in [5.74, 6) is 1.07. The Morgan fingerprint density at radius 3 is 2.87 bits per heavy atom. The highest BCUT2D eigenvalue weighted by atomic mass is 32.1. The van der Waals surface area contributed by atoms with Gasteiger partial charge in [-0.2, -0.15) is 0 Å². The van der Waals surface area contributed by atoms with Gasteiger partial charge < -0.3 is 19.7 Å². The Balaban J connectivity index is 1.41. The molecule has 0 radical (unpaired) electrons. The number of benzene rings is 1. The summed E-state index contributed by atoms with van der Waals surface area (Å²) in [5, 5.41) is 2.89. The van der Waals surface area contributed by atoms with Gasteiger partial charge in [-0.15, -0.1) is 11.3 Å². The van der Waals surface area contributed by atoms with Crippen LogP contribution < -0.4 is 15.0 Å². The first-order chi connectivity index (χ1) is 14.7. The largest absolute Gasteiger partial charge is 0.489 e. The average Bonchev–Trinajstić information content (AvgIpc) is 3.43. The molecule has 0 saturated carbocycles. The van der Waals surface area contributed by atoms with Crippen LogP contribution in [0.3, 0.4) is 0 Å². The maximum absolute atomic E-state index is 11.6. The third-order valence-electron chi connectivity index (χ3n) is 5.80. The summed E-state index contributed by atoms with van der Waals surface area (Å²) < 4.78 is 12.8. The van der Waals surface area contributed by atoms with E-state index in [2.05, 4.69) is 27.3 Å². The Labute approximate surface area is 179 Å². The number of ether oxygens (including phenoxy) is 2. The van der Waals surface area contributed by atoms with Crippen molar-refractivity contribution >= 4 is 33.1 Å². The van der Waals surface area contributed by atoms with Gasteiger partial charge in [-0.25, -0.2) is 4.98 Å². The van der Waals surface area contributed by atoms with Crippen LogP contribution in [-0.4, -0.2) is 54.8 Å². The number of aromatic nitrogens is 2. The Bertz CT molecular complexity index is 1050. The molecular formula is C22H24N4O3S. The second-order valence-electron chi connectivity index (χ2n) is 7.77. The van der Waals surface area contributed by atoms with Crippen LogP contribution in [0.1, 0.15) is 13.3 Å². The van der Waals surface area contributed by atoms with E-state index in [-0.39, 0.29) is 17.9 Å². The molecule has 156 valence electrons. The molecule has 0 aliphatic carbocycles. The number of carbonyl (C=O) groups excluding carboxylic acids is 1. The number of hydrogen-bond acceptors (Lipinski definition) is 7. The van der Waals surface area contributed by atoms with Crippen molar-refractivity contribution < 1.29 is 14.3 Å². The van der Waals surface area contributed by atoms with E-state index in [1.165, 1.54) is 0 Å². The van der Waals surface area contributed by atoms with Crippen molar-refractivity contribution in [3.05, 3.63) is 36.0 Å². The maximum Gasteiger partial charge on any atom is 0.220 e. The first kappa shape index (κ1) is 19.3. The minimum Gasteiger partial charge on any atom is -0.489 e. The Morgan fingerprint density at radius 2 is 2.13 bits per heavy atom. The maximum atomic E-state index is 11.6. The smallest absolute Gasteiger partial charge is 0.220 e. The van der Waals surface area contributed by atoms with Gasteiger partial charge in [-0.3, -0.25) is 9.78 Å². The van der Waals surface area contributed by atoms with E-state index in [1.807, 2.05) is 30.8 Å². The van der Waals surface area contributed by atoms with Gasteiger partial charge in [0.2, 0.25) is 5.91 Å². The summed E-state index contributed by atoms with van der Waals surface area (Å²) in [6, 6.07) is 8.25. The number of morpholine rings is 1. The Kier molecular flexibility index (Phi) is 5.26. The first-order valence-corrected chi connectivity index (χ1v) is 11.1. The molecule has 3 aromatic rings. The monoisotopic (exact) mass is 424 g/mol. The van der Waals surface area contributed by atoms with Gasteiger partial charge in [0, 0.05) is 37.5 Å². The van der Waals surface area contributed by atoms with E-state index in [1.54, 1.807) is 11.3 Å². The third-order valence-corrected chi connectivity index (χ3v) is 6.66. The zero-order chi connectivity index (χ0) is 20.5. The number of fused-ring (bicyclic) bond motifs is 1. The van der Waals surface area contributed by atoms with E-state index in [4.69, 9.17) is 14.5 Å². The summed E-state index contributed by atoms with van der Waals surface area (Å²) in [4.78, 5) is 23.1. The molecule has 1 unspecified atom stereocenters. The predicted octanol–water partition coefficient (Wildman–Crippen LogP) is 3.10. The molecule has 30 heavy (non-hydrogen) atoms. The summed E-state index contributed by atoms with van der Waals surface area (Å²) in [6.45, 7) is 5.98. The second-order valence-corrected chi connectivity index (χ2v) is 8.62. The van der Waals surface area contributed by atoms with Crippen molar-refractivity contribution in [1.82, 2.24) is 15.3 Å². The van der Waals surface area contributed by atoms with Crippen molar-refractivity contribution in [1.29, 1.82) is 0 Å². The molecule has 2 fully saturated rings. The topological polar surface area (TPSA) is 76.6 Å². The van der Waals surface area contributed by atoms with Gasteiger partial charge in [0.05, 0.1) is 46.5 Å². The SMILES string of the molecule is C[C@@H](Oc1cc(-c2ccc(N3CCOCC3)cn2)cc2ncsc12)C1CNC(=O)C1. The fourth-order valence-corrected chi connectivity index (χ4v) is 4.72. The molecule has 1 amide bonds. The van der Waals surface area contributed by atoms with Crippen molar-refractivity contribution in [3.8, 4) is 17.0 Å². The molecule has 7 nitrogen and oxygen atoms in total. The molecule has 1 N–H and O–H groups in total. The number of pyridine rings is 1. The zero-order valence-electron chi connectivity index (χ0n) is 16.8.